The fraction of sp³-hybridized carbons (Fsp3) is 0.529. The summed E-state index contributed by atoms with van der Waals surface area (Å²) in [4.78, 5) is 0. The van der Waals surface area contributed by atoms with Crippen molar-refractivity contribution in [3.63, 3.8) is 0 Å². The summed E-state index contributed by atoms with van der Waals surface area (Å²) < 4.78 is 0. The van der Waals surface area contributed by atoms with Crippen molar-refractivity contribution in [3.05, 3.63) is 48.6 Å². The lowest BCUT2D eigenvalue weighted by Gasteiger charge is -2.17. The standard InChI is InChI=1S/C17H27N/c1-3-5-6-10-14-17(11-4-2)18-15-16-12-8-7-9-13-16/h4,7-9,12-13,17-18H,2-3,5-6,10-11,14-15H2,1H3/t17-/m0/s1. The van der Waals surface area contributed by atoms with Crippen LogP contribution in [0.5, 0.6) is 0 Å². The molecular weight excluding hydrogens is 218 g/mol. The molecule has 0 aliphatic rings. The van der Waals surface area contributed by atoms with Gasteiger partial charge in [-0.2, -0.15) is 0 Å². The summed E-state index contributed by atoms with van der Waals surface area (Å²) in [6.07, 6.45) is 9.72. The Kier molecular flexibility index (Phi) is 8.24. The van der Waals surface area contributed by atoms with Gasteiger partial charge in [0.25, 0.3) is 0 Å². The Bertz CT molecular complexity index is 305. The molecule has 0 bridgehead atoms. The van der Waals surface area contributed by atoms with Crippen molar-refractivity contribution < 1.29 is 0 Å². The maximum absolute atomic E-state index is 3.86. The van der Waals surface area contributed by atoms with E-state index >= 15 is 0 Å². The molecule has 1 heteroatoms. The Labute approximate surface area is 112 Å². The normalized spacial score (nSPS) is 12.3. The van der Waals surface area contributed by atoms with Gasteiger partial charge in [-0.05, 0) is 18.4 Å². The van der Waals surface area contributed by atoms with Gasteiger partial charge in [-0.15, -0.1) is 6.58 Å². The van der Waals surface area contributed by atoms with Crippen molar-refractivity contribution in [3.8, 4) is 0 Å². The van der Waals surface area contributed by atoms with Crippen LogP contribution >= 0.6 is 0 Å². The van der Waals surface area contributed by atoms with Crippen LogP contribution in [0.1, 0.15) is 51.0 Å². The van der Waals surface area contributed by atoms with Gasteiger partial charge in [-0.1, -0.05) is 69.0 Å². The van der Waals surface area contributed by atoms with Crippen LogP contribution in [0.2, 0.25) is 0 Å². The van der Waals surface area contributed by atoms with Gasteiger partial charge in [0.15, 0.2) is 0 Å². The Morgan fingerprint density at radius 2 is 1.94 bits per heavy atom. The molecule has 0 aliphatic carbocycles. The molecular formula is C17H27N. The van der Waals surface area contributed by atoms with E-state index in [1.807, 2.05) is 6.08 Å². The van der Waals surface area contributed by atoms with Crippen LogP contribution in [-0.2, 0) is 6.54 Å². The van der Waals surface area contributed by atoms with Crippen molar-refractivity contribution in [2.45, 2.75) is 58.0 Å². The van der Waals surface area contributed by atoms with E-state index in [-0.39, 0.29) is 0 Å². The van der Waals surface area contributed by atoms with Gasteiger partial charge in [0.05, 0.1) is 0 Å². The van der Waals surface area contributed by atoms with Crippen LogP contribution < -0.4 is 5.32 Å². The van der Waals surface area contributed by atoms with Crippen LogP contribution in [-0.4, -0.2) is 6.04 Å². The minimum atomic E-state index is 0.583. The van der Waals surface area contributed by atoms with E-state index in [9.17, 15) is 0 Å². The summed E-state index contributed by atoms with van der Waals surface area (Å²) in [5.41, 5.74) is 1.36. The first-order chi connectivity index (χ1) is 8.86. The number of hydrogen-bond acceptors (Lipinski definition) is 1. The minimum absolute atomic E-state index is 0.583. The molecule has 0 fully saturated rings. The highest BCUT2D eigenvalue weighted by molar-refractivity contribution is 5.14. The highest BCUT2D eigenvalue weighted by atomic mass is 14.9. The third kappa shape index (κ3) is 6.61. The van der Waals surface area contributed by atoms with E-state index in [1.165, 1.54) is 37.7 Å². The summed E-state index contributed by atoms with van der Waals surface area (Å²) in [6.45, 7) is 7.08. The lowest BCUT2D eigenvalue weighted by atomic mass is 10.0. The molecule has 1 atom stereocenters. The van der Waals surface area contributed by atoms with Crippen LogP contribution in [0.15, 0.2) is 43.0 Å². The first kappa shape index (κ1) is 15.0. The third-order valence-corrected chi connectivity index (χ3v) is 3.30. The number of nitrogens with one attached hydrogen (secondary N) is 1. The van der Waals surface area contributed by atoms with Crippen molar-refractivity contribution in [1.82, 2.24) is 5.32 Å². The summed E-state index contributed by atoms with van der Waals surface area (Å²) in [5, 5.41) is 3.64. The zero-order valence-electron chi connectivity index (χ0n) is 11.7. The summed E-state index contributed by atoms with van der Waals surface area (Å²) in [7, 11) is 0. The molecule has 1 rings (SSSR count). The Hall–Kier alpha value is -1.08. The van der Waals surface area contributed by atoms with Gasteiger partial charge in [-0.25, -0.2) is 0 Å². The molecule has 0 saturated heterocycles. The quantitative estimate of drug-likeness (QED) is 0.466. The first-order valence-electron chi connectivity index (χ1n) is 7.25. The molecule has 0 unspecified atom stereocenters. The van der Waals surface area contributed by atoms with E-state index in [0.29, 0.717) is 6.04 Å². The minimum Gasteiger partial charge on any atom is -0.310 e. The van der Waals surface area contributed by atoms with Crippen LogP contribution in [0.3, 0.4) is 0 Å². The summed E-state index contributed by atoms with van der Waals surface area (Å²) in [5.74, 6) is 0. The molecule has 0 heterocycles. The fourth-order valence-electron chi connectivity index (χ4n) is 2.18. The zero-order valence-corrected chi connectivity index (χ0v) is 11.7. The summed E-state index contributed by atoms with van der Waals surface area (Å²) in [6, 6.07) is 11.2. The molecule has 1 aromatic rings. The molecule has 0 radical (unpaired) electrons. The Morgan fingerprint density at radius 1 is 1.17 bits per heavy atom. The fourth-order valence-corrected chi connectivity index (χ4v) is 2.18. The molecule has 0 aromatic heterocycles. The van der Waals surface area contributed by atoms with Crippen LogP contribution in [0.25, 0.3) is 0 Å². The molecule has 1 nitrogen and oxygen atoms in total. The average molecular weight is 245 g/mol. The van der Waals surface area contributed by atoms with Crippen molar-refractivity contribution in [2.75, 3.05) is 0 Å². The number of hydrogen-bond donors (Lipinski definition) is 1. The summed E-state index contributed by atoms with van der Waals surface area (Å²) >= 11 is 0. The van der Waals surface area contributed by atoms with Gasteiger partial charge in [0.1, 0.15) is 0 Å². The second-order valence-electron chi connectivity index (χ2n) is 4.94. The van der Waals surface area contributed by atoms with Gasteiger partial charge in [0, 0.05) is 12.6 Å². The second kappa shape index (κ2) is 9.90. The largest absolute Gasteiger partial charge is 0.310 e. The first-order valence-corrected chi connectivity index (χ1v) is 7.25. The predicted octanol–water partition coefficient (Wildman–Crippen LogP) is 4.69. The molecule has 0 spiro atoms. The van der Waals surface area contributed by atoms with E-state index in [0.717, 1.165) is 13.0 Å². The van der Waals surface area contributed by atoms with E-state index < -0.39 is 0 Å². The number of unbranched alkanes of at least 4 members (excludes halogenated alkanes) is 3. The predicted molar refractivity (Wildman–Crippen MR) is 80.6 cm³/mol. The number of benzene rings is 1. The average Bonchev–Trinajstić information content (AvgIpc) is 2.42. The second-order valence-corrected chi connectivity index (χ2v) is 4.94. The van der Waals surface area contributed by atoms with Gasteiger partial charge < -0.3 is 5.32 Å². The molecule has 18 heavy (non-hydrogen) atoms. The van der Waals surface area contributed by atoms with Gasteiger partial charge >= 0.3 is 0 Å². The molecule has 1 N–H and O–H groups in total. The topological polar surface area (TPSA) is 12.0 Å². The molecule has 0 amide bonds. The van der Waals surface area contributed by atoms with E-state index in [2.05, 4.69) is 49.2 Å². The SMILES string of the molecule is C=CC[C@@H](CCCCCC)NCc1ccccc1. The maximum Gasteiger partial charge on any atom is 0.0208 e. The van der Waals surface area contributed by atoms with Crippen LogP contribution in [0, 0.1) is 0 Å². The van der Waals surface area contributed by atoms with Crippen molar-refractivity contribution in [2.24, 2.45) is 0 Å². The monoisotopic (exact) mass is 245 g/mol. The van der Waals surface area contributed by atoms with Crippen molar-refractivity contribution in [1.29, 1.82) is 0 Å². The van der Waals surface area contributed by atoms with E-state index in [1.54, 1.807) is 0 Å². The molecule has 0 aliphatic heterocycles. The molecule has 0 saturated carbocycles. The van der Waals surface area contributed by atoms with Crippen LogP contribution in [0.4, 0.5) is 0 Å². The highest BCUT2D eigenvalue weighted by Gasteiger charge is 2.05. The lowest BCUT2D eigenvalue weighted by molar-refractivity contribution is 0.457. The van der Waals surface area contributed by atoms with Gasteiger partial charge in [-0.3, -0.25) is 0 Å². The lowest BCUT2D eigenvalue weighted by Crippen LogP contribution is -2.28. The Morgan fingerprint density at radius 3 is 2.61 bits per heavy atom. The van der Waals surface area contributed by atoms with E-state index in [4.69, 9.17) is 0 Å². The third-order valence-electron chi connectivity index (χ3n) is 3.30. The Balaban J connectivity index is 2.26. The maximum atomic E-state index is 3.86. The number of rotatable bonds is 10. The van der Waals surface area contributed by atoms with Gasteiger partial charge in [0.2, 0.25) is 0 Å². The smallest absolute Gasteiger partial charge is 0.0208 e. The molecule has 1 aromatic carbocycles. The molecule has 100 valence electrons. The highest BCUT2D eigenvalue weighted by Crippen LogP contribution is 2.09. The van der Waals surface area contributed by atoms with Crippen molar-refractivity contribution >= 4 is 0 Å². The zero-order chi connectivity index (χ0) is 13.1.